The predicted octanol–water partition coefficient (Wildman–Crippen LogP) is 3.50. The van der Waals surface area contributed by atoms with Gasteiger partial charge in [0.05, 0.1) is 11.2 Å². The fraction of sp³-hybridized carbons (Fsp3) is 0.267. The van der Waals surface area contributed by atoms with Crippen molar-refractivity contribution in [2.75, 3.05) is 5.73 Å². The number of hydrogen-bond acceptors (Lipinski definition) is 2. The molecule has 3 heteroatoms. The number of nitrogens with zero attached hydrogens (tertiary/aromatic N) is 1. The molecule has 2 aromatic heterocycles. The summed E-state index contributed by atoms with van der Waals surface area (Å²) in [5, 5.41) is 2.39. The Morgan fingerprint density at radius 3 is 2.78 bits per heavy atom. The maximum atomic E-state index is 5.93. The Balaban J connectivity index is 2.36. The van der Waals surface area contributed by atoms with E-state index in [1.165, 1.54) is 10.8 Å². The summed E-state index contributed by atoms with van der Waals surface area (Å²) in [6.07, 6.45) is 0.939. The molecule has 3 nitrogen and oxygen atoms in total. The van der Waals surface area contributed by atoms with E-state index in [0.29, 0.717) is 11.7 Å². The van der Waals surface area contributed by atoms with Crippen LogP contribution in [-0.4, -0.2) is 9.97 Å². The third-order valence-electron chi connectivity index (χ3n) is 3.19. The molecule has 0 saturated carbocycles. The monoisotopic (exact) mass is 239 g/mol. The number of nitrogens with one attached hydrogen (secondary N) is 1. The van der Waals surface area contributed by atoms with Gasteiger partial charge in [-0.15, -0.1) is 0 Å². The van der Waals surface area contributed by atoms with Gasteiger partial charge in [0, 0.05) is 16.3 Å². The number of H-pyrrole nitrogens is 1. The van der Waals surface area contributed by atoms with Crippen LogP contribution in [0.25, 0.3) is 21.8 Å². The Hall–Kier alpha value is -2.03. The molecule has 0 fully saturated rings. The standard InChI is InChI=1S/C15H17N3/c1-9(2)7-13-15-11(8-14(16)17-13)10-5-3-4-6-12(10)18-15/h3-6,8-9,18H,7H2,1-2H3,(H2,16,17). The molecule has 0 spiro atoms. The highest BCUT2D eigenvalue weighted by atomic mass is 14.9. The first-order valence-electron chi connectivity index (χ1n) is 6.31. The second-order valence-corrected chi connectivity index (χ2v) is 5.18. The van der Waals surface area contributed by atoms with Gasteiger partial charge in [-0.1, -0.05) is 32.0 Å². The highest BCUT2D eigenvalue weighted by Crippen LogP contribution is 2.29. The molecule has 3 rings (SSSR count). The zero-order chi connectivity index (χ0) is 12.7. The summed E-state index contributed by atoms with van der Waals surface area (Å²) >= 11 is 0. The molecule has 92 valence electrons. The Morgan fingerprint density at radius 2 is 2.00 bits per heavy atom. The van der Waals surface area contributed by atoms with E-state index in [-0.39, 0.29) is 0 Å². The molecule has 1 aromatic carbocycles. The first-order valence-corrected chi connectivity index (χ1v) is 6.31. The van der Waals surface area contributed by atoms with Gasteiger partial charge >= 0.3 is 0 Å². The van der Waals surface area contributed by atoms with Crippen molar-refractivity contribution < 1.29 is 0 Å². The van der Waals surface area contributed by atoms with E-state index in [1.54, 1.807) is 0 Å². The minimum atomic E-state index is 0.564. The van der Waals surface area contributed by atoms with Gasteiger partial charge in [0.2, 0.25) is 0 Å². The van der Waals surface area contributed by atoms with E-state index in [1.807, 2.05) is 18.2 Å². The molecular formula is C15H17N3. The van der Waals surface area contributed by atoms with Gasteiger partial charge in [-0.2, -0.15) is 0 Å². The molecule has 3 aromatic rings. The Bertz CT molecular complexity index is 710. The maximum Gasteiger partial charge on any atom is 0.124 e. The normalized spacial score (nSPS) is 11.7. The zero-order valence-corrected chi connectivity index (χ0v) is 10.7. The third-order valence-corrected chi connectivity index (χ3v) is 3.19. The summed E-state index contributed by atoms with van der Waals surface area (Å²) in [5.41, 5.74) is 9.26. The van der Waals surface area contributed by atoms with Crippen molar-refractivity contribution in [1.29, 1.82) is 0 Å². The molecule has 0 bridgehead atoms. The highest BCUT2D eigenvalue weighted by molar-refractivity contribution is 6.08. The van der Waals surface area contributed by atoms with Crippen molar-refractivity contribution in [2.24, 2.45) is 5.92 Å². The molecule has 0 radical (unpaired) electrons. The summed E-state index contributed by atoms with van der Waals surface area (Å²) in [7, 11) is 0. The summed E-state index contributed by atoms with van der Waals surface area (Å²) in [4.78, 5) is 7.94. The van der Waals surface area contributed by atoms with Crippen molar-refractivity contribution in [3.8, 4) is 0 Å². The number of para-hydroxylation sites is 1. The van der Waals surface area contributed by atoms with E-state index in [0.717, 1.165) is 23.1 Å². The lowest BCUT2D eigenvalue weighted by atomic mass is 10.1. The fourth-order valence-electron chi connectivity index (χ4n) is 2.47. The number of aromatic nitrogens is 2. The number of rotatable bonds is 2. The summed E-state index contributed by atoms with van der Waals surface area (Å²) in [5.74, 6) is 1.16. The van der Waals surface area contributed by atoms with Gasteiger partial charge in [-0.05, 0) is 24.5 Å². The lowest BCUT2D eigenvalue weighted by Crippen LogP contribution is -2.01. The smallest absolute Gasteiger partial charge is 0.124 e. The average molecular weight is 239 g/mol. The van der Waals surface area contributed by atoms with Crippen LogP contribution in [0.1, 0.15) is 19.5 Å². The number of aromatic amines is 1. The largest absolute Gasteiger partial charge is 0.384 e. The fourth-order valence-corrected chi connectivity index (χ4v) is 2.47. The van der Waals surface area contributed by atoms with Crippen LogP contribution in [0.2, 0.25) is 0 Å². The average Bonchev–Trinajstić information content (AvgIpc) is 2.67. The summed E-state index contributed by atoms with van der Waals surface area (Å²) in [6, 6.07) is 10.3. The zero-order valence-electron chi connectivity index (χ0n) is 10.7. The molecule has 0 saturated heterocycles. The van der Waals surface area contributed by atoms with E-state index >= 15 is 0 Å². The Labute approximate surface area is 106 Å². The molecule has 0 aliphatic heterocycles. The molecule has 18 heavy (non-hydrogen) atoms. The van der Waals surface area contributed by atoms with Crippen LogP contribution in [0, 0.1) is 5.92 Å². The Kier molecular flexibility index (Phi) is 2.47. The number of hydrogen-bond donors (Lipinski definition) is 2. The maximum absolute atomic E-state index is 5.93. The minimum absolute atomic E-state index is 0.564. The van der Waals surface area contributed by atoms with Crippen LogP contribution in [0.15, 0.2) is 30.3 Å². The summed E-state index contributed by atoms with van der Waals surface area (Å²) in [6.45, 7) is 4.39. The SMILES string of the molecule is CC(C)Cc1nc(N)cc2c1[nH]c1ccccc12. The van der Waals surface area contributed by atoms with Gasteiger partial charge < -0.3 is 10.7 Å². The lowest BCUT2D eigenvalue weighted by molar-refractivity contribution is 0.639. The van der Waals surface area contributed by atoms with Crippen LogP contribution in [0.4, 0.5) is 5.82 Å². The van der Waals surface area contributed by atoms with Gasteiger partial charge in [0.25, 0.3) is 0 Å². The Morgan fingerprint density at radius 1 is 1.22 bits per heavy atom. The van der Waals surface area contributed by atoms with Crippen molar-refractivity contribution in [3.63, 3.8) is 0 Å². The number of fused-ring (bicyclic) bond motifs is 3. The van der Waals surface area contributed by atoms with Gasteiger partial charge in [0.15, 0.2) is 0 Å². The molecule has 0 aliphatic rings. The molecule has 0 unspecified atom stereocenters. The predicted molar refractivity (Wildman–Crippen MR) is 76.6 cm³/mol. The topological polar surface area (TPSA) is 54.7 Å². The van der Waals surface area contributed by atoms with Crippen LogP contribution in [0.5, 0.6) is 0 Å². The number of nitrogens with two attached hydrogens (primary N) is 1. The number of nitrogen functional groups attached to an aromatic ring is 1. The van der Waals surface area contributed by atoms with Crippen molar-refractivity contribution in [3.05, 3.63) is 36.0 Å². The molecule has 0 aliphatic carbocycles. The van der Waals surface area contributed by atoms with Crippen LogP contribution >= 0.6 is 0 Å². The van der Waals surface area contributed by atoms with E-state index in [4.69, 9.17) is 5.73 Å². The van der Waals surface area contributed by atoms with Crippen LogP contribution < -0.4 is 5.73 Å². The minimum Gasteiger partial charge on any atom is -0.384 e. The van der Waals surface area contributed by atoms with Crippen LogP contribution in [-0.2, 0) is 6.42 Å². The van der Waals surface area contributed by atoms with E-state index in [9.17, 15) is 0 Å². The van der Waals surface area contributed by atoms with E-state index in [2.05, 4.69) is 35.9 Å². The van der Waals surface area contributed by atoms with Gasteiger partial charge in [0.1, 0.15) is 5.82 Å². The second kappa shape index (κ2) is 4.02. The van der Waals surface area contributed by atoms with Gasteiger partial charge in [-0.25, -0.2) is 4.98 Å². The quantitative estimate of drug-likeness (QED) is 0.719. The lowest BCUT2D eigenvalue weighted by Gasteiger charge is -2.06. The van der Waals surface area contributed by atoms with E-state index < -0.39 is 0 Å². The molecule has 2 heterocycles. The van der Waals surface area contributed by atoms with Crippen molar-refractivity contribution in [1.82, 2.24) is 9.97 Å². The van der Waals surface area contributed by atoms with Crippen LogP contribution in [0.3, 0.4) is 0 Å². The third kappa shape index (κ3) is 1.72. The molecule has 3 N–H and O–H groups in total. The number of anilines is 1. The molecule has 0 amide bonds. The first kappa shape index (κ1) is 11.1. The second-order valence-electron chi connectivity index (χ2n) is 5.18. The highest BCUT2D eigenvalue weighted by Gasteiger charge is 2.11. The van der Waals surface area contributed by atoms with Gasteiger partial charge in [-0.3, -0.25) is 0 Å². The molecular weight excluding hydrogens is 222 g/mol. The molecule has 0 atom stereocenters. The van der Waals surface area contributed by atoms with Crippen molar-refractivity contribution in [2.45, 2.75) is 20.3 Å². The number of benzene rings is 1. The number of pyridine rings is 1. The summed E-state index contributed by atoms with van der Waals surface area (Å²) < 4.78 is 0. The van der Waals surface area contributed by atoms with Crippen molar-refractivity contribution >= 4 is 27.6 Å². The first-order chi connectivity index (χ1) is 8.65.